The standard InChI is InChI=1S/C12H22N2O3/c1-9(2)13-11(15)8-14-6-4-5-10(7-14)12(16)17-3/h9-10H,4-8H2,1-3H3,(H,13,15). The van der Waals surface area contributed by atoms with E-state index in [0.717, 1.165) is 19.4 Å². The SMILES string of the molecule is COC(=O)C1CCCN(CC(=O)NC(C)C)C1. The van der Waals surface area contributed by atoms with E-state index in [1.165, 1.54) is 7.11 Å². The normalized spacial score (nSPS) is 21.3. The number of ether oxygens (including phenoxy) is 1. The molecule has 1 saturated heterocycles. The number of carbonyl (C=O) groups excluding carboxylic acids is 2. The highest BCUT2D eigenvalue weighted by molar-refractivity contribution is 5.78. The second-order valence-electron chi connectivity index (χ2n) is 4.82. The first-order valence-electron chi connectivity index (χ1n) is 6.12. The van der Waals surface area contributed by atoms with Gasteiger partial charge in [-0.3, -0.25) is 14.5 Å². The molecule has 1 rings (SSSR count). The topological polar surface area (TPSA) is 58.6 Å². The highest BCUT2D eigenvalue weighted by Gasteiger charge is 2.27. The zero-order chi connectivity index (χ0) is 12.8. The highest BCUT2D eigenvalue weighted by Crippen LogP contribution is 2.17. The van der Waals surface area contributed by atoms with E-state index in [2.05, 4.69) is 5.32 Å². The summed E-state index contributed by atoms with van der Waals surface area (Å²) < 4.78 is 4.74. The minimum Gasteiger partial charge on any atom is -0.469 e. The molecule has 0 aromatic heterocycles. The number of nitrogens with one attached hydrogen (secondary N) is 1. The van der Waals surface area contributed by atoms with Crippen LogP contribution in [0.1, 0.15) is 26.7 Å². The van der Waals surface area contributed by atoms with Crippen molar-refractivity contribution in [1.29, 1.82) is 0 Å². The van der Waals surface area contributed by atoms with Gasteiger partial charge in [-0.15, -0.1) is 0 Å². The van der Waals surface area contributed by atoms with E-state index in [4.69, 9.17) is 4.74 Å². The van der Waals surface area contributed by atoms with Crippen LogP contribution in [0.25, 0.3) is 0 Å². The van der Waals surface area contributed by atoms with Crippen LogP contribution >= 0.6 is 0 Å². The van der Waals surface area contributed by atoms with Crippen molar-refractivity contribution in [3.05, 3.63) is 0 Å². The smallest absolute Gasteiger partial charge is 0.309 e. The molecule has 1 amide bonds. The molecule has 17 heavy (non-hydrogen) atoms. The molecule has 1 heterocycles. The van der Waals surface area contributed by atoms with Crippen molar-refractivity contribution in [3.63, 3.8) is 0 Å². The van der Waals surface area contributed by atoms with Crippen molar-refractivity contribution in [2.75, 3.05) is 26.7 Å². The Bertz CT molecular complexity index is 279. The number of hydrogen-bond acceptors (Lipinski definition) is 4. The third kappa shape index (κ3) is 4.73. The van der Waals surface area contributed by atoms with Crippen LogP contribution in [-0.4, -0.2) is 49.6 Å². The molecule has 1 N–H and O–H groups in total. The number of esters is 1. The van der Waals surface area contributed by atoms with E-state index in [9.17, 15) is 9.59 Å². The average molecular weight is 242 g/mol. The van der Waals surface area contributed by atoms with Gasteiger partial charge >= 0.3 is 5.97 Å². The summed E-state index contributed by atoms with van der Waals surface area (Å²) in [4.78, 5) is 25.0. The summed E-state index contributed by atoms with van der Waals surface area (Å²) >= 11 is 0. The molecule has 98 valence electrons. The second-order valence-corrected chi connectivity index (χ2v) is 4.82. The Balaban J connectivity index is 2.39. The molecule has 0 radical (unpaired) electrons. The Hall–Kier alpha value is -1.10. The third-order valence-electron chi connectivity index (χ3n) is 2.86. The van der Waals surface area contributed by atoms with Crippen LogP contribution in [-0.2, 0) is 14.3 Å². The lowest BCUT2D eigenvalue weighted by Gasteiger charge is -2.30. The predicted octanol–water partition coefficient (Wildman–Crippen LogP) is 0.396. The van der Waals surface area contributed by atoms with Gasteiger partial charge in [-0.1, -0.05) is 0 Å². The maximum Gasteiger partial charge on any atom is 0.309 e. The van der Waals surface area contributed by atoms with Gasteiger partial charge in [0.05, 0.1) is 19.6 Å². The zero-order valence-electron chi connectivity index (χ0n) is 10.9. The van der Waals surface area contributed by atoms with Gasteiger partial charge < -0.3 is 10.1 Å². The van der Waals surface area contributed by atoms with Crippen LogP contribution in [0.2, 0.25) is 0 Å². The molecule has 0 spiro atoms. The molecule has 1 unspecified atom stereocenters. The molecule has 1 aliphatic heterocycles. The largest absolute Gasteiger partial charge is 0.469 e. The zero-order valence-corrected chi connectivity index (χ0v) is 10.9. The summed E-state index contributed by atoms with van der Waals surface area (Å²) in [5.74, 6) is -0.231. The maximum atomic E-state index is 11.6. The first-order chi connectivity index (χ1) is 8.02. The van der Waals surface area contributed by atoms with Crippen LogP contribution in [0.3, 0.4) is 0 Å². The Morgan fingerprint density at radius 3 is 2.76 bits per heavy atom. The van der Waals surface area contributed by atoms with Crippen molar-refractivity contribution in [1.82, 2.24) is 10.2 Å². The Labute approximate surface area is 102 Å². The lowest BCUT2D eigenvalue weighted by molar-refractivity contribution is -0.147. The molecule has 1 atom stereocenters. The van der Waals surface area contributed by atoms with E-state index in [0.29, 0.717) is 13.1 Å². The fourth-order valence-corrected chi connectivity index (χ4v) is 2.13. The van der Waals surface area contributed by atoms with Crippen LogP contribution in [0.15, 0.2) is 0 Å². The average Bonchev–Trinajstić information content (AvgIpc) is 2.27. The molecule has 5 heteroatoms. The molecule has 1 aliphatic rings. The van der Waals surface area contributed by atoms with Gasteiger partial charge in [-0.2, -0.15) is 0 Å². The molecule has 0 saturated carbocycles. The predicted molar refractivity (Wildman–Crippen MR) is 64.5 cm³/mol. The minimum absolute atomic E-state index is 0.0190. The van der Waals surface area contributed by atoms with Gasteiger partial charge in [-0.25, -0.2) is 0 Å². The second kappa shape index (κ2) is 6.59. The fraction of sp³-hybridized carbons (Fsp3) is 0.833. The maximum absolute atomic E-state index is 11.6. The first-order valence-corrected chi connectivity index (χ1v) is 6.12. The van der Waals surface area contributed by atoms with Crippen molar-refractivity contribution in [2.24, 2.45) is 5.92 Å². The lowest BCUT2D eigenvalue weighted by Crippen LogP contribution is -2.45. The van der Waals surface area contributed by atoms with Gasteiger partial charge in [0, 0.05) is 12.6 Å². The number of likely N-dealkylation sites (tertiary alicyclic amines) is 1. The number of carbonyl (C=O) groups is 2. The number of piperidine rings is 1. The molecule has 0 aromatic carbocycles. The Kier molecular flexibility index (Phi) is 5.41. The van der Waals surface area contributed by atoms with Crippen molar-refractivity contribution < 1.29 is 14.3 Å². The van der Waals surface area contributed by atoms with Crippen molar-refractivity contribution in [2.45, 2.75) is 32.7 Å². The van der Waals surface area contributed by atoms with Crippen molar-refractivity contribution in [3.8, 4) is 0 Å². The van der Waals surface area contributed by atoms with Crippen LogP contribution in [0.4, 0.5) is 0 Å². The fourth-order valence-electron chi connectivity index (χ4n) is 2.13. The number of rotatable bonds is 4. The van der Waals surface area contributed by atoms with E-state index in [1.807, 2.05) is 18.7 Å². The quantitative estimate of drug-likeness (QED) is 0.725. The van der Waals surface area contributed by atoms with E-state index in [1.54, 1.807) is 0 Å². The summed E-state index contributed by atoms with van der Waals surface area (Å²) in [6.07, 6.45) is 1.80. The van der Waals surface area contributed by atoms with E-state index in [-0.39, 0.29) is 23.8 Å². The van der Waals surface area contributed by atoms with Gasteiger partial charge in [0.1, 0.15) is 0 Å². The molecule has 0 aliphatic carbocycles. The molecule has 0 bridgehead atoms. The molecule has 5 nitrogen and oxygen atoms in total. The van der Waals surface area contributed by atoms with E-state index >= 15 is 0 Å². The summed E-state index contributed by atoms with van der Waals surface area (Å²) in [5, 5.41) is 2.85. The molecular formula is C12H22N2O3. The number of hydrogen-bond donors (Lipinski definition) is 1. The lowest BCUT2D eigenvalue weighted by atomic mass is 9.98. The third-order valence-corrected chi connectivity index (χ3v) is 2.86. The van der Waals surface area contributed by atoms with Gasteiger partial charge in [-0.05, 0) is 33.2 Å². The minimum atomic E-state index is -0.168. The van der Waals surface area contributed by atoms with Crippen molar-refractivity contribution >= 4 is 11.9 Å². The van der Waals surface area contributed by atoms with Gasteiger partial charge in [0.25, 0.3) is 0 Å². The Morgan fingerprint density at radius 2 is 2.18 bits per heavy atom. The van der Waals surface area contributed by atoms with Crippen LogP contribution < -0.4 is 5.32 Å². The van der Waals surface area contributed by atoms with Gasteiger partial charge in [0.2, 0.25) is 5.91 Å². The summed E-state index contributed by atoms with van der Waals surface area (Å²) in [5.41, 5.74) is 0. The van der Waals surface area contributed by atoms with Crippen LogP contribution in [0, 0.1) is 5.92 Å². The highest BCUT2D eigenvalue weighted by atomic mass is 16.5. The molecular weight excluding hydrogens is 220 g/mol. The number of amides is 1. The summed E-state index contributed by atoms with van der Waals surface area (Å²) in [6.45, 7) is 5.74. The number of methoxy groups -OCH3 is 1. The van der Waals surface area contributed by atoms with Crippen LogP contribution in [0.5, 0.6) is 0 Å². The Morgan fingerprint density at radius 1 is 1.47 bits per heavy atom. The van der Waals surface area contributed by atoms with E-state index < -0.39 is 0 Å². The summed E-state index contributed by atoms with van der Waals surface area (Å²) in [6, 6.07) is 0.156. The molecule has 0 aromatic rings. The first kappa shape index (κ1) is 14.0. The van der Waals surface area contributed by atoms with Gasteiger partial charge in [0.15, 0.2) is 0 Å². The summed E-state index contributed by atoms with van der Waals surface area (Å²) in [7, 11) is 1.41. The monoisotopic (exact) mass is 242 g/mol. The number of nitrogens with zero attached hydrogens (tertiary/aromatic N) is 1. The molecule has 1 fully saturated rings.